The van der Waals surface area contributed by atoms with Crippen molar-refractivity contribution >= 4 is 0 Å². The van der Waals surface area contributed by atoms with Crippen LogP contribution in [0, 0.1) is 0 Å². The second kappa shape index (κ2) is 23.6. The normalized spacial score (nSPS) is 13.4. The number of nitrogens with zero attached hydrogens (tertiary/aromatic N) is 2. The van der Waals surface area contributed by atoms with Crippen molar-refractivity contribution in [1.29, 1.82) is 0 Å². The summed E-state index contributed by atoms with van der Waals surface area (Å²) in [6, 6.07) is 0.591. The first-order valence-electron chi connectivity index (χ1n) is 16.3. The van der Waals surface area contributed by atoms with Crippen molar-refractivity contribution in [3.63, 3.8) is 0 Å². The predicted octanol–water partition coefficient (Wildman–Crippen LogP) is 11.9. The summed E-state index contributed by atoms with van der Waals surface area (Å²) < 4.78 is 2.56. The third-order valence-corrected chi connectivity index (χ3v) is 8.08. The maximum Gasteiger partial charge on any atom is 0.111 e. The Morgan fingerprint density at radius 2 is 0.914 bits per heavy atom. The van der Waals surface area contributed by atoms with Gasteiger partial charge in [0.05, 0.1) is 0 Å². The van der Waals surface area contributed by atoms with Crippen LogP contribution >= 0.6 is 0 Å². The average molecular weight is 489 g/mol. The van der Waals surface area contributed by atoms with Crippen LogP contribution in [0.1, 0.15) is 200 Å². The Labute approximate surface area is 221 Å². The highest BCUT2D eigenvalue weighted by Crippen LogP contribution is 2.30. The molecule has 0 bridgehead atoms. The molecule has 2 nitrogen and oxygen atoms in total. The fourth-order valence-electron chi connectivity index (χ4n) is 5.65. The lowest BCUT2D eigenvalue weighted by molar-refractivity contribution is 0.412. The Morgan fingerprint density at radius 3 is 1.34 bits per heavy atom. The van der Waals surface area contributed by atoms with Gasteiger partial charge in [-0.2, -0.15) is 0 Å². The molecule has 2 unspecified atom stereocenters. The van der Waals surface area contributed by atoms with E-state index in [9.17, 15) is 0 Å². The number of rotatable bonds is 26. The smallest absolute Gasteiger partial charge is 0.111 e. The maximum atomic E-state index is 4.95. The van der Waals surface area contributed by atoms with Crippen molar-refractivity contribution in [3.8, 4) is 0 Å². The molecule has 2 heteroatoms. The van der Waals surface area contributed by atoms with Crippen LogP contribution in [0.2, 0.25) is 0 Å². The summed E-state index contributed by atoms with van der Waals surface area (Å²) in [6.07, 6.45) is 37.8. The quantitative estimate of drug-likeness (QED) is 0.118. The van der Waals surface area contributed by atoms with E-state index in [-0.39, 0.29) is 0 Å². The van der Waals surface area contributed by atoms with Gasteiger partial charge in [-0.25, -0.2) is 4.98 Å². The molecule has 1 rings (SSSR count). The molecular formula is C33H64N2. The molecule has 0 aliphatic rings. The SMILES string of the molecule is CCCCCCCCCCC(C)n1ccnc1C(CCCCCCCC)CCCCCCCCC. The zero-order valence-corrected chi connectivity index (χ0v) is 24.7. The van der Waals surface area contributed by atoms with Gasteiger partial charge in [0.25, 0.3) is 0 Å². The minimum absolute atomic E-state index is 0.591. The van der Waals surface area contributed by atoms with E-state index in [2.05, 4.69) is 44.7 Å². The van der Waals surface area contributed by atoms with Crippen molar-refractivity contribution in [3.05, 3.63) is 18.2 Å². The van der Waals surface area contributed by atoms with Gasteiger partial charge in [0.15, 0.2) is 0 Å². The molecule has 206 valence electrons. The third kappa shape index (κ3) is 16.6. The topological polar surface area (TPSA) is 17.8 Å². The molecule has 0 aliphatic heterocycles. The molecule has 35 heavy (non-hydrogen) atoms. The fourth-order valence-corrected chi connectivity index (χ4v) is 5.65. The van der Waals surface area contributed by atoms with Crippen LogP contribution in [0.4, 0.5) is 0 Å². The molecule has 0 radical (unpaired) electrons. The Hall–Kier alpha value is -0.790. The Bertz CT molecular complexity index is 549. The summed E-state index contributed by atoms with van der Waals surface area (Å²) in [5, 5.41) is 0. The molecule has 0 spiro atoms. The standard InChI is InChI=1S/C33H64N2/c1-5-8-11-14-17-19-20-23-26-31(4)35-30-29-34-33(35)32(27-24-21-16-13-10-7-3)28-25-22-18-15-12-9-6-2/h29-32H,5-28H2,1-4H3. The van der Waals surface area contributed by atoms with Crippen LogP contribution in [0.25, 0.3) is 0 Å². The molecule has 0 aliphatic carbocycles. The summed E-state index contributed by atoms with van der Waals surface area (Å²) in [6.45, 7) is 9.36. The van der Waals surface area contributed by atoms with Crippen LogP contribution in [0.3, 0.4) is 0 Å². The monoisotopic (exact) mass is 489 g/mol. The molecule has 0 fully saturated rings. The number of imidazole rings is 1. The van der Waals surface area contributed by atoms with Crippen molar-refractivity contribution in [2.24, 2.45) is 0 Å². The molecule has 0 N–H and O–H groups in total. The maximum absolute atomic E-state index is 4.95. The summed E-state index contributed by atoms with van der Waals surface area (Å²) in [7, 11) is 0. The minimum atomic E-state index is 0.591. The predicted molar refractivity (Wildman–Crippen MR) is 158 cm³/mol. The lowest BCUT2D eigenvalue weighted by Gasteiger charge is -2.22. The molecule has 1 aromatic rings. The van der Waals surface area contributed by atoms with Gasteiger partial charge in [-0.05, 0) is 26.2 Å². The highest BCUT2D eigenvalue weighted by Gasteiger charge is 2.19. The minimum Gasteiger partial charge on any atom is -0.332 e. The van der Waals surface area contributed by atoms with Crippen LogP contribution < -0.4 is 0 Å². The second-order valence-corrected chi connectivity index (χ2v) is 11.5. The number of aromatic nitrogens is 2. The van der Waals surface area contributed by atoms with Gasteiger partial charge in [0.1, 0.15) is 5.82 Å². The highest BCUT2D eigenvalue weighted by atomic mass is 15.1. The van der Waals surface area contributed by atoms with Gasteiger partial charge in [-0.3, -0.25) is 0 Å². The van der Waals surface area contributed by atoms with E-state index in [1.807, 2.05) is 0 Å². The van der Waals surface area contributed by atoms with E-state index in [4.69, 9.17) is 4.98 Å². The number of hydrogen-bond acceptors (Lipinski definition) is 1. The summed E-state index contributed by atoms with van der Waals surface area (Å²) in [5.41, 5.74) is 0. The molecular weight excluding hydrogens is 424 g/mol. The van der Waals surface area contributed by atoms with Gasteiger partial charge in [-0.15, -0.1) is 0 Å². The van der Waals surface area contributed by atoms with Crippen molar-refractivity contribution < 1.29 is 0 Å². The molecule has 1 heterocycles. The van der Waals surface area contributed by atoms with Crippen molar-refractivity contribution in [2.45, 2.75) is 194 Å². The van der Waals surface area contributed by atoms with Crippen molar-refractivity contribution in [2.75, 3.05) is 0 Å². The first kappa shape index (κ1) is 32.2. The van der Waals surface area contributed by atoms with E-state index in [1.165, 1.54) is 160 Å². The Balaban J connectivity index is 2.49. The van der Waals surface area contributed by atoms with E-state index in [1.54, 1.807) is 0 Å². The molecule has 0 aromatic carbocycles. The zero-order chi connectivity index (χ0) is 25.4. The van der Waals surface area contributed by atoms with Gasteiger partial charge in [-0.1, -0.05) is 156 Å². The van der Waals surface area contributed by atoms with E-state index in [0.717, 1.165) is 0 Å². The summed E-state index contributed by atoms with van der Waals surface area (Å²) in [4.78, 5) is 4.95. The van der Waals surface area contributed by atoms with Gasteiger partial charge < -0.3 is 4.57 Å². The number of unbranched alkanes of at least 4 members (excludes halogenated alkanes) is 18. The third-order valence-electron chi connectivity index (χ3n) is 8.08. The van der Waals surface area contributed by atoms with E-state index < -0.39 is 0 Å². The molecule has 0 amide bonds. The Morgan fingerprint density at radius 1 is 0.543 bits per heavy atom. The zero-order valence-electron chi connectivity index (χ0n) is 24.7. The van der Waals surface area contributed by atoms with Crippen LogP contribution in [0.15, 0.2) is 12.4 Å². The lowest BCUT2D eigenvalue weighted by Crippen LogP contribution is -2.13. The summed E-state index contributed by atoms with van der Waals surface area (Å²) >= 11 is 0. The van der Waals surface area contributed by atoms with E-state index >= 15 is 0 Å². The van der Waals surface area contributed by atoms with E-state index in [0.29, 0.717) is 12.0 Å². The first-order chi connectivity index (χ1) is 17.2. The van der Waals surface area contributed by atoms with Gasteiger partial charge in [0.2, 0.25) is 0 Å². The molecule has 1 aromatic heterocycles. The fraction of sp³-hybridized carbons (Fsp3) is 0.909. The van der Waals surface area contributed by atoms with Crippen LogP contribution in [-0.2, 0) is 0 Å². The number of hydrogen-bond donors (Lipinski definition) is 0. The van der Waals surface area contributed by atoms with Crippen LogP contribution in [-0.4, -0.2) is 9.55 Å². The lowest BCUT2D eigenvalue weighted by atomic mass is 9.93. The van der Waals surface area contributed by atoms with Gasteiger partial charge in [0, 0.05) is 24.4 Å². The van der Waals surface area contributed by atoms with Crippen LogP contribution in [0.5, 0.6) is 0 Å². The first-order valence-corrected chi connectivity index (χ1v) is 16.3. The largest absolute Gasteiger partial charge is 0.332 e. The molecule has 0 saturated carbocycles. The molecule has 0 saturated heterocycles. The van der Waals surface area contributed by atoms with Gasteiger partial charge >= 0.3 is 0 Å². The highest BCUT2D eigenvalue weighted by molar-refractivity contribution is 5.02. The average Bonchev–Trinajstić information content (AvgIpc) is 3.35. The summed E-state index contributed by atoms with van der Waals surface area (Å²) in [5.74, 6) is 2.06. The second-order valence-electron chi connectivity index (χ2n) is 11.5. The Kier molecular flexibility index (Phi) is 21.7. The molecule has 2 atom stereocenters. The van der Waals surface area contributed by atoms with Crippen molar-refractivity contribution in [1.82, 2.24) is 9.55 Å².